The lowest BCUT2D eigenvalue weighted by Crippen LogP contribution is -2.51. The number of rotatable bonds is 2. The first kappa shape index (κ1) is 13.8. The van der Waals surface area contributed by atoms with Crippen LogP contribution >= 0.6 is 0 Å². The zero-order chi connectivity index (χ0) is 13.1. The second-order valence-corrected chi connectivity index (χ2v) is 6.02. The highest BCUT2D eigenvalue weighted by molar-refractivity contribution is 5.78. The fraction of sp³-hybridized carbons (Fsp3) is 0.929. The van der Waals surface area contributed by atoms with Crippen LogP contribution in [0.1, 0.15) is 46.0 Å². The van der Waals surface area contributed by atoms with Gasteiger partial charge in [0.15, 0.2) is 0 Å². The van der Waals surface area contributed by atoms with E-state index >= 15 is 0 Å². The van der Waals surface area contributed by atoms with Crippen molar-refractivity contribution in [1.29, 1.82) is 0 Å². The van der Waals surface area contributed by atoms with Crippen LogP contribution < -0.4 is 5.73 Å². The van der Waals surface area contributed by atoms with Crippen LogP contribution in [0, 0.1) is 0 Å². The molecule has 4 nitrogen and oxygen atoms in total. The zero-order valence-electron chi connectivity index (χ0n) is 11.8. The van der Waals surface area contributed by atoms with Crippen molar-refractivity contribution in [2.75, 3.05) is 19.6 Å². The third kappa shape index (κ3) is 3.23. The molecule has 2 fully saturated rings. The lowest BCUT2D eigenvalue weighted by molar-refractivity contribution is -0.135. The molecule has 0 bridgehead atoms. The lowest BCUT2D eigenvalue weighted by atomic mass is 9.97. The third-order valence-corrected chi connectivity index (χ3v) is 4.59. The van der Waals surface area contributed by atoms with Gasteiger partial charge in [-0.3, -0.25) is 9.69 Å². The Bertz CT molecular complexity index is 277. The zero-order valence-corrected chi connectivity index (χ0v) is 11.8. The first-order valence-electron chi connectivity index (χ1n) is 7.37. The van der Waals surface area contributed by atoms with Crippen LogP contribution in [0.2, 0.25) is 0 Å². The maximum atomic E-state index is 12.3. The summed E-state index contributed by atoms with van der Waals surface area (Å²) in [5.41, 5.74) is 5.88. The number of carbonyl (C=O) groups is 1. The molecule has 0 aromatic rings. The van der Waals surface area contributed by atoms with Gasteiger partial charge in [-0.05, 0) is 39.5 Å². The van der Waals surface area contributed by atoms with Crippen LogP contribution in [0.3, 0.4) is 0 Å². The summed E-state index contributed by atoms with van der Waals surface area (Å²) in [6.45, 7) is 6.77. The fourth-order valence-electron chi connectivity index (χ4n) is 3.19. The van der Waals surface area contributed by atoms with Gasteiger partial charge in [0.05, 0.1) is 6.54 Å². The Morgan fingerprint density at radius 3 is 2.22 bits per heavy atom. The van der Waals surface area contributed by atoms with Gasteiger partial charge in [0.1, 0.15) is 0 Å². The summed E-state index contributed by atoms with van der Waals surface area (Å²) in [7, 11) is 0. The molecule has 2 aliphatic heterocycles. The van der Waals surface area contributed by atoms with Crippen molar-refractivity contribution in [1.82, 2.24) is 9.80 Å². The third-order valence-electron chi connectivity index (χ3n) is 4.59. The normalized spacial score (nSPS) is 31.6. The predicted octanol–water partition coefficient (Wildman–Crippen LogP) is 1.20. The predicted molar refractivity (Wildman–Crippen MR) is 73.3 cm³/mol. The van der Waals surface area contributed by atoms with Crippen LogP contribution in [0.5, 0.6) is 0 Å². The summed E-state index contributed by atoms with van der Waals surface area (Å²) in [5.74, 6) is 0.294. The topological polar surface area (TPSA) is 49.6 Å². The molecular weight excluding hydrogens is 226 g/mol. The molecule has 2 heterocycles. The molecule has 0 aliphatic carbocycles. The minimum absolute atomic E-state index is 0.293. The summed E-state index contributed by atoms with van der Waals surface area (Å²) in [5, 5.41) is 0. The lowest BCUT2D eigenvalue weighted by Gasteiger charge is -2.40. The highest BCUT2D eigenvalue weighted by Crippen LogP contribution is 2.22. The molecule has 18 heavy (non-hydrogen) atoms. The SMILES string of the molecule is CC1CCCC(C)N1CC(=O)N1CCC(N)CC1. The minimum atomic E-state index is 0.293. The van der Waals surface area contributed by atoms with Gasteiger partial charge in [-0.2, -0.15) is 0 Å². The van der Waals surface area contributed by atoms with Crippen molar-refractivity contribution in [2.24, 2.45) is 5.73 Å². The first-order valence-corrected chi connectivity index (χ1v) is 7.37. The molecule has 0 aromatic heterocycles. The van der Waals surface area contributed by atoms with Crippen LogP contribution in [-0.2, 0) is 4.79 Å². The molecule has 4 heteroatoms. The van der Waals surface area contributed by atoms with Crippen molar-refractivity contribution in [3.8, 4) is 0 Å². The van der Waals surface area contributed by atoms with E-state index in [0.29, 0.717) is 30.6 Å². The Morgan fingerprint density at radius 2 is 1.67 bits per heavy atom. The number of hydrogen-bond donors (Lipinski definition) is 1. The van der Waals surface area contributed by atoms with E-state index in [4.69, 9.17) is 5.73 Å². The quantitative estimate of drug-likeness (QED) is 0.804. The van der Waals surface area contributed by atoms with Crippen molar-refractivity contribution < 1.29 is 4.79 Å². The fourth-order valence-corrected chi connectivity index (χ4v) is 3.19. The molecule has 0 radical (unpaired) electrons. The summed E-state index contributed by atoms with van der Waals surface area (Å²) in [6.07, 6.45) is 5.66. The van der Waals surface area contributed by atoms with Crippen molar-refractivity contribution in [2.45, 2.75) is 64.1 Å². The molecule has 0 aromatic carbocycles. The Morgan fingerprint density at radius 1 is 1.11 bits per heavy atom. The summed E-state index contributed by atoms with van der Waals surface area (Å²) < 4.78 is 0. The van der Waals surface area contributed by atoms with Gasteiger partial charge in [-0.25, -0.2) is 0 Å². The van der Waals surface area contributed by atoms with E-state index in [1.165, 1.54) is 19.3 Å². The molecule has 0 spiro atoms. The first-order chi connectivity index (χ1) is 8.58. The average Bonchev–Trinajstić information content (AvgIpc) is 2.34. The molecule has 2 rings (SSSR count). The molecule has 2 saturated heterocycles. The number of hydrogen-bond acceptors (Lipinski definition) is 3. The number of amides is 1. The molecule has 2 atom stereocenters. The van der Waals surface area contributed by atoms with Gasteiger partial charge in [0.25, 0.3) is 0 Å². The molecule has 1 amide bonds. The highest BCUT2D eigenvalue weighted by Gasteiger charge is 2.29. The maximum absolute atomic E-state index is 12.3. The number of carbonyl (C=O) groups excluding carboxylic acids is 1. The number of nitrogens with zero attached hydrogens (tertiary/aromatic N) is 2. The van der Waals surface area contributed by atoms with E-state index in [2.05, 4.69) is 18.7 Å². The Labute approximate surface area is 110 Å². The van der Waals surface area contributed by atoms with Gasteiger partial charge in [-0.15, -0.1) is 0 Å². The van der Waals surface area contributed by atoms with Crippen LogP contribution in [0.25, 0.3) is 0 Å². The molecular formula is C14H27N3O. The monoisotopic (exact) mass is 253 g/mol. The van der Waals surface area contributed by atoms with E-state index in [1.54, 1.807) is 0 Å². The molecule has 2 aliphatic rings. The second kappa shape index (κ2) is 6.02. The van der Waals surface area contributed by atoms with Crippen molar-refractivity contribution in [3.63, 3.8) is 0 Å². The smallest absolute Gasteiger partial charge is 0.236 e. The average molecular weight is 253 g/mol. The highest BCUT2D eigenvalue weighted by atomic mass is 16.2. The minimum Gasteiger partial charge on any atom is -0.341 e. The second-order valence-electron chi connectivity index (χ2n) is 6.02. The Hall–Kier alpha value is -0.610. The number of nitrogens with two attached hydrogens (primary N) is 1. The summed E-state index contributed by atoms with van der Waals surface area (Å²) in [4.78, 5) is 16.7. The van der Waals surface area contributed by atoms with Crippen molar-refractivity contribution in [3.05, 3.63) is 0 Å². The van der Waals surface area contributed by atoms with Crippen LogP contribution in [0.4, 0.5) is 0 Å². The molecule has 0 saturated carbocycles. The molecule has 2 unspecified atom stereocenters. The van der Waals surface area contributed by atoms with E-state index in [9.17, 15) is 4.79 Å². The summed E-state index contributed by atoms with van der Waals surface area (Å²) in [6, 6.07) is 1.39. The van der Waals surface area contributed by atoms with Gasteiger partial charge >= 0.3 is 0 Å². The van der Waals surface area contributed by atoms with Gasteiger partial charge in [0, 0.05) is 31.2 Å². The maximum Gasteiger partial charge on any atom is 0.236 e. The number of likely N-dealkylation sites (tertiary alicyclic amines) is 2. The Kier molecular flexibility index (Phi) is 4.62. The summed E-state index contributed by atoms with van der Waals surface area (Å²) >= 11 is 0. The van der Waals surface area contributed by atoms with Gasteiger partial charge in [0.2, 0.25) is 5.91 Å². The van der Waals surface area contributed by atoms with Crippen molar-refractivity contribution >= 4 is 5.91 Å². The largest absolute Gasteiger partial charge is 0.341 e. The van der Waals surface area contributed by atoms with E-state index < -0.39 is 0 Å². The van der Waals surface area contributed by atoms with E-state index in [1.807, 2.05) is 4.90 Å². The van der Waals surface area contributed by atoms with E-state index in [0.717, 1.165) is 25.9 Å². The van der Waals surface area contributed by atoms with Crippen LogP contribution in [0.15, 0.2) is 0 Å². The van der Waals surface area contributed by atoms with Gasteiger partial charge in [-0.1, -0.05) is 6.42 Å². The number of piperidine rings is 2. The Balaban J connectivity index is 1.86. The van der Waals surface area contributed by atoms with E-state index in [-0.39, 0.29) is 0 Å². The standard InChI is InChI=1S/C14H27N3O/c1-11-4-3-5-12(2)17(11)10-14(18)16-8-6-13(15)7-9-16/h11-13H,3-10,15H2,1-2H3. The van der Waals surface area contributed by atoms with Crippen LogP contribution in [-0.4, -0.2) is 53.5 Å². The van der Waals surface area contributed by atoms with Gasteiger partial charge < -0.3 is 10.6 Å². The molecule has 2 N–H and O–H groups in total. The molecule has 104 valence electrons.